The average molecular weight is 309 g/mol. The number of nitrogens with zero attached hydrogens (tertiary/aromatic N) is 4. The summed E-state index contributed by atoms with van der Waals surface area (Å²) in [5, 5.41) is 0.697. The topological polar surface area (TPSA) is 51.6 Å². The van der Waals surface area contributed by atoms with Crippen LogP contribution in [0.1, 0.15) is 18.2 Å². The molecule has 5 heteroatoms. The van der Waals surface area contributed by atoms with Gasteiger partial charge >= 0.3 is 0 Å². The predicted molar refractivity (Wildman–Crippen MR) is 88.1 cm³/mol. The Morgan fingerprint density at radius 3 is 2.32 bits per heavy atom. The quantitative estimate of drug-likeness (QED) is 0.729. The van der Waals surface area contributed by atoms with Crippen molar-refractivity contribution in [1.29, 1.82) is 0 Å². The summed E-state index contributed by atoms with van der Waals surface area (Å²) in [7, 11) is 0. The van der Waals surface area contributed by atoms with Gasteiger partial charge in [-0.3, -0.25) is 9.97 Å². The lowest BCUT2D eigenvalue weighted by molar-refractivity contribution is 1.16. The summed E-state index contributed by atoms with van der Waals surface area (Å²) >= 11 is 5.88. The molecule has 3 rings (SSSR count). The van der Waals surface area contributed by atoms with E-state index in [0.29, 0.717) is 10.8 Å². The molecule has 0 atom stereocenters. The minimum atomic E-state index is 0.672. The molecule has 0 bridgehead atoms. The van der Waals surface area contributed by atoms with Crippen molar-refractivity contribution in [2.75, 3.05) is 0 Å². The van der Waals surface area contributed by atoms with Gasteiger partial charge in [-0.2, -0.15) is 0 Å². The molecule has 0 aliphatic carbocycles. The Hall–Kier alpha value is -2.59. The van der Waals surface area contributed by atoms with Gasteiger partial charge in [0.25, 0.3) is 0 Å². The number of benzene rings is 1. The van der Waals surface area contributed by atoms with Gasteiger partial charge in [0, 0.05) is 40.9 Å². The van der Waals surface area contributed by atoms with E-state index in [0.717, 1.165) is 22.4 Å². The Bertz CT molecular complexity index is 781. The lowest BCUT2D eigenvalue weighted by Crippen LogP contribution is -1.90. The maximum Gasteiger partial charge on any atom is 0.159 e. The number of hydrogen-bond acceptors (Lipinski definition) is 4. The van der Waals surface area contributed by atoms with Crippen LogP contribution in [0.25, 0.3) is 23.0 Å². The number of allylic oxidation sites excluding steroid dienone is 1. The zero-order valence-corrected chi connectivity index (χ0v) is 12.7. The van der Waals surface area contributed by atoms with Crippen LogP contribution >= 0.6 is 11.6 Å². The normalized spacial score (nSPS) is 11.5. The van der Waals surface area contributed by atoms with Crippen molar-refractivity contribution in [2.45, 2.75) is 6.92 Å². The molecule has 0 saturated carbocycles. The highest BCUT2D eigenvalue weighted by Crippen LogP contribution is 2.19. The Balaban J connectivity index is 1.84. The molecule has 0 unspecified atom stereocenters. The molecule has 0 aliphatic rings. The van der Waals surface area contributed by atoms with E-state index < -0.39 is 0 Å². The number of aromatic nitrogens is 4. The van der Waals surface area contributed by atoms with E-state index in [1.54, 1.807) is 31.0 Å². The summed E-state index contributed by atoms with van der Waals surface area (Å²) in [5.41, 5.74) is 3.70. The molecule has 0 spiro atoms. The summed E-state index contributed by atoms with van der Waals surface area (Å²) in [6.07, 6.45) is 10.6. The molecule has 2 aromatic heterocycles. The molecular formula is C17H13ClN4. The first-order valence-corrected chi connectivity index (χ1v) is 7.13. The monoisotopic (exact) mass is 308 g/mol. The van der Waals surface area contributed by atoms with Gasteiger partial charge in [-0.05, 0) is 42.8 Å². The molecule has 4 nitrogen and oxygen atoms in total. The Labute approximate surface area is 133 Å². The molecule has 22 heavy (non-hydrogen) atoms. The lowest BCUT2D eigenvalue weighted by atomic mass is 10.1. The average Bonchev–Trinajstić information content (AvgIpc) is 2.57. The lowest BCUT2D eigenvalue weighted by Gasteiger charge is -2.02. The van der Waals surface area contributed by atoms with Crippen LogP contribution in [0.4, 0.5) is 0 Å². The van der Waals surface area contributed by atoms with Gasteiger partial charge in [0.05, 0.1) is 11.9 Å². The molecule has 0 radical (unpaired) electrons. The molecule has 0 N–H and O–H groups in total. The maximum atomic E-state index is 5.88. The highest BCUT2D eigenvalue weighted by atomic mass is 35.5. The third kappa shape index (κ3) is 3.35. The highest BCUT2D eigenvalue weighted by Gasteiger charge is 2.02. The summed E-state index contributed by atoms with van der Waals surface area (Å²) in [5.74, 6) is 0.672. The minimum Gasteiger partial charge on any atom is -0.261 e. The van der Waals surface area contributed by atoms with Crippen molar-refractivity contribution in [3.05, 3.63) is 71.5 Å². The Kier molecular flexibility index (Phi) is 4.21. The maximum absolute atomic E-state index is 5.88. The fourth-order valence-corrected chi connectivity index (χ4v) is 2.11. The van der Waals surface area contributed by atoms with Crippen molar-refractivity contribution in [1.82, 2.24) is 19.9 Å². The zero-order chi connectivity index (χ0) is 15.4. The second kappa shape index (κ2) is 6.45. The molecule has 0 aliphatic heterocycles. The number of halogens is 1. The van der Waals surface area contributed by atoms with Crippen molar-refractivity contribution in [3.8, 4) is 11.4 Å². The van der Waals surface area contributed by atoms with Crippen LogP contribution < -0.4 is 0 Å². The first kappa shape index (κ1) is 14.4. The zero-order valence-electron chi connectivity index (χ0n) is 11.9. The van der Waals surface area contributed by atoms with E-state index in [4.69, 9.17) is 11.6 Å². The first-order valence-electron chi connectivity index (χ1n) is 6.75. The van der Waals surface area contributed by atoms with Crippen LogP contribution in [0.15, 0.2) is 55.2 Å². The third-order valence-corrected chi connectivity index (χ3v) is 3.38. The van der Waals surface area contributed by atoms with E-state index in [1.807, 2.05) is 37.3 Å². The van der Waals surface area contributed by atoms with Crippen molar-refractivity contribution >= 4 is 23.3 Å². The van der Waals surface area contributed by atoms with Crippen LogP contribution in [-0.2, 0) is 0 Å². The van der Waals surface area contributed by atoms with Gasteiger partial charge < -0.3 is 0 Å². The van der Waals surface area contributed by atoms with E-state index in [1.165, 1.54) is 0 Å². The molecule has 2 heterocycles. The van der Waals surface area contributed by atoms with E-state index in [-0.39, 0.29) is 0 Å². The standard InChI is InChI=1S/C17H13ClN4/c1-12(16-11-19-6-7-20-16)8-13-9-21-17(22-10-13)14-2-4-15(18)5-3-14/h2-11H,1H3/b12-8-. The second-order valence-electron chi connectivity index (χ2n) is 4.76. The molecular weight excluding hydrogens is 296 g/mol. The fourth-order valence-electron chi connectivity index (χ4n) is 1.99. The molecule has 3 aromatic rings. The Morgan fingerprint density at radius 1 is 0.955 bits per heavy atom. The van der Waals surface area contributed by atoms with Crippen molar-refractivity contribution in [2.24, 2.45) is 0 Å². The predicted octanol–water partition coefficient (Wildman–Crippen LogP) is 4.15. The summed E-state index contributed by atoms with van der Waals surface area (Å²) in [6, 6.07) is 7.45. The third-order valence-electron chi connectivity index (χ3n) is 3.12. The Morgan fingerprint density at radius 2 is 1.68 bits per heavy atom. The number of hydrogen-bond donors (Lipinski definition) is 0. The first-order chi connectivity index (χ1) is 10.7. The van der Waals surface area contributed by atoms with Gasteiger partial charge in [0.2, 0.25) is 0 Å². The minimum absolute atomic E-state index is 0.672. The van der Waals surface area contributed by atoms with Gasteiger partial charge in [-0.1, -0.05) is 11.6 Å². The van der Waals surface area contributed by atoms with E-state index in [2.05, 4.69) is 19.9 Å². The summed E-state index contributed by atoms with van der Waals surface area (Å²) in [6.45, 7) is 1.98. The summed E-state index contributed by atoms with van der Waals surface area (Å²) in [4.78, 5) is 17.1. The summed E-state index contributed by atoms with van der Waals surface area (Å²) < 4.78 is 0. The molecule has 108 valence electrons. The van der Waals surface area contributed by atoms with Crippen LogP contribution in [-0.4, -0.2) is 19.9 Å². The molecule has 0 saturated heterocycles. The van der Waals surface area contributed by atoms with Crippen LogP contribution in [0.5, 0.6) is 0 Å². The van der Waals surface area contributed by atoms with Crippen molar-refractivity contribution < 1.29 is 0 Å². The SMILES string of the molecule is C/C(=C/c1cnc(-c2ccc(Cl)cc2)nc1)c1cnccn1. The molecule has 0 fully saturated rings. The number of rotatable bonds is 3. The van der Waals surface area contributed by atoms with Gasteiger partial charge in [-0.15, -0.1) is 0 Å². The largest absolute Gasteiger partial charge is 0.261 e. The van der Waals surface area contributed by atoms with Gasteiger partial charge in [0.1, 0.15) is 0 Å². The van der Waals surface area contributed by atoms with Gasteiger partial charge in [0.15, 0.2) is 5.82 Å². The highest BCUT2D eigenvalue weighted by molar-refractivity contribution is 6.30. The van der Waals surface area contributed by atoms with E-state index in [9.17, 15) is 0 Å². The van der Waals surface area contributed by atoms with Crippen LogP contribution in [0.2, 0.25) is 5.02 Å². The van der Waals surface area contributed by atoms with Gasteiger partial charge in [-0.25, -0.2) is 9.97 Å². The van der Waals surface area contributed by atoms with Crippen molar-refractivity contribution in [3.63, 3.8) is 0 Å². The fraction of sp³-hybridized carbons (Fsp3) is 0.0588. The smallest absolute Gasteiger partial charge is 0.159 e. The second-order valence-corrected chi connectivity index (χ2v) is 5.20. The van der Waals surface area contributed by atoms with E-state index >= 15 is 0 Å². The van der Waals surface area contributed by atoms with Crippen LogP contribution in [0.3, 0.4) is 0 Å². The van der Waals surface area contributed by atoms with Crippen LogP contribution in [0, 0.1) is 0 Å². The molecule has 1 aromatic carbocycles. The molecule has 0 amide bonds.